The summed E-state index contributed by atoms with van der Waals surface area (Å²) in [6.45, 7) is 0. The number of hydrogen-bond donors (Lipinski definition) is 1. The van der Waals surface area contributed by atoms with Gasteiger partial charge in [0, 0.05) is 0 Å². The molecule has 0 amide bonds. The fourth-order valence-electron chi connectivity index (χ4n) is 2.16. The van der Waals surface area contributed by atoms with Crippen molar-refractivity contribution in [2.75, 3.05) is 0 Å². The number of benzene rings is 1. The molecule has 0 spiro atoms. The Bertz CT molecular complexity index is 541. The average Bonchev–Trinajstić information content (AvgIpc) is 2.27. The van der Waals surface area contributed by atoms with Gasteiger partial charge in [-0.3, -0.25) is 4.79 Å². The zero-order chi connectivity index (χ0) is 15.7. The summed E-state index contributed by atoms with van der Waals surface area (Å²) in [5.74, 6) is -1.04. The molecule has 2 rings (SSSR count). The predicted octanol–water partition coefficient (Wildman–Crippen LogP) is 4.12. The molecule has 0 aromatic heterocycles. The van der Waals surface area contributed by atoms with Crippen molar-refractivity contribution in [3.8, 4) is 11.5 Å². The minimum atomic E-state index is -4.77. The fourth-order valence-corrected chi connectivity index (χ4v) is 2.60. The standard InChI is InChI=1S/C13H12BrF3O4/c14-9-6-8(2-3-10(9)21-13(15,16)17)20-12(4-1-5-12)7-11(18)19/h2-3,6H,1,4-5,7H2,(H,18,19). The summed E-state index contributed by atoms with van der Waals surface area (Å²) >= 11 is 2.98. The molecule has 4 nitrogen and oxygen atoms in total. The van der Waals surface area contributed by atoms with Gasteiger partial charge in [-0.05, 0) is 53.4 Å². The van der Waals surface area contributed by atoms with Gasteiger partial charge in [-0.2, -0.15) is 0 Å². The number of carbonyl (C=O) groups is 1. The minimum Gasteiger partial charge on any atom is -0.487 e. The van der Waals surface area contributed by atoms with E-state index in [-0.39, 0.29) is 16.6 Å². The third-order valence-electron chi connectivity index (χ3n) is 3.20. The molecule has 1 N–H and O–H groups in total. The van der Waals surface area contributed by atoms with E-state index in [1.165, 1.54) is 12.1 Å². The molecule has 0 bridgehead atoms. The van der Waals surface area contributed by atoms with Crippen LogP contribution in [0.25, 0.3) is 0 Å². The number of halogens is 4. The Kier molecular flexibility index (Phi) is 4.36. The molecule has 0 unspecified atom stereocenters. The molecule has 0 radical (unpaired) electrons. The number of hydrogen-bond acceptors (Lipinski definition) is 3. The molecule has 1 aliphatic rings. The third-order valence-corrected chi connectivity index (χ3v) is 3.82. The lowest BCUT2D eigenvalue weighted by Crippen LogP contribution is -2.45. The summed E-state index contributed by atoms with van der Waals surface area (Å²) in [6.07, 6.45) is -2.83. The van der Waals surface area contributed by atoms with Crippen molar-refractivity contribution in [2.24, 2.45) is 0 Å². The van der Waals surface area contributed by atoms with E-state index >= 15 is 0 Å². The quantitative estimate of drug-likeness (QED) is 0.848. The smallest absolute Gasteiger partial charge is 0.487 e. The molecule has 0 saturated heterocycles. The van der Waals surface area contributed by atoms with E-state index < -0.39 is 17.9 Å². The van der Waals surface area contributed by atoms with Crippen LogP contribution >= 0.6 is 15.9 Å². The van der Waals surface area contributed by atoms with Gasteiger partial charge >= 0.3 is 12.3 Å². The maximum Gasteiger partial charge on any atom is 0.573 e. The first-order chi connectivity index (χ1) is 9.69. The Labute approximate surface area is 127 Å². The minimum absolute atomic E-state index is 0.0853. The van der Waals surface area contributed by atoms with Crippen molar-refractivity contribution in [2.45, 2.75) is 37.6 Å². The molecule has 0 atom stereocenters. The van der Waals surface area contributed by atoms with Crippen molar-refractivity contribution in [3.63, 3.8) is 0 Å². The van der Waals surface area contributed by atoms with Crippen molar-refractivity contribution in [1.82, 2.24) is 0 Å². The van der Waals surface area contributed by atoms with Gasteiger partial charge < -0.3 is 14.6 Å². The molecule has 21 heavy (non-hydrogen) atoms. The molecular formula is C13H12BrF3O4. The highest BCUT2D eigenvalue weighted by Gasteiger charge is 2.41. The van der Waals surface area contributed by atoms with Gasteiger partial charge in [0.05, 0.1) is 10.9 Å². The summed E-state index contributed by atoms with van der Waals surface area (Å²) in [6, 6.07) is 3.79. The molecule has 1 aromatic rings. The highest BCUT2D eigenvalue weighted by Crippen LogP contribution is 2.41. The lowest BCUT2D eigenvalue weighted by Gasteiger charge is -2.40. The summed E-state index contributed by atoms with van der Waals surface area (Å²) in [5.41, 5.74) is -0.766. The van der Waals surface area contributed by atoms with Crippen LogP contribution in [0.4, 0.5) is 13.2 Å². The SMILES string of the molecule is O=C(O)CC1(Oc2ccc(OC(F)(F)F)c(Br)c2)CCC1. The van der Waals surface area contributed by atoms with Gasteiger partial charge in [-0.25, -0.2) is 0 Å². The van der Waals surface area contributed by atoms with E-state index in [4.69, 9.17) is 9.84 Å². The van der Waals surface area contributed by atoms with E-state index in [1.807, 2.05) is 0 Å². The molecule has 116 valence electrons. The molecule has 0 aliphatic heterocycles. The number of carboxylic acids is 1. The van der Waals surface area contributed by atoms with Crippen LogP contribution in [-0.2, 0) is 4.79 Å². The average molecular weight is 369 g/mol. The lowest BCUT2D eigenvalue weighted by atomic mass is 9.77. The van der Waals surface area contributed by atoms with Crippen LogP contribution in [0, 0.1) is 0 Å². The van der Waals surface area contributed by atoms with Crippen LogP contribution in [0.3, 0.4) is 0 Å². The van der Waals surface area contributed by atoms with Gasteiger partial charge in [0.15, 0.2) is 0 Å². The Morgan fingerprint density at radius 1 is 1.38 bits per heavy atom. The first-order valence-corrected chi connectivity index (χ1v) is 6.95. The first kappa shape index (κ1) is 15.9. The maximum absolute atomic E-state index is 12.2. The maximum atomic E-state index is 12.2. The van der Waals surface area contributed by atoms with Crippen LogP contribution < -0.4 is 9.47 Å². The molecule has 1 aromatic carbocycles. The number of carboxylic acid groups (broad SMARTS) is 1. The Morgan fingerprint density at radius 2 is 2.05 bits per heavy atom. The second-order valence-electron chi connectivity index (χ2n) is 4.85. The summed E-state index contributed by atoms with van der Waals surface area (Å²) in [7, 11) is 0. The lowest BCUT2D eigenvalue weighted by molar-refractivity contribution is -0.274. The highest BCUT2D eigenvalue weighted by atomic mass is 79.9. The summed E-state index contributed by atoms with van der Waals surface area (Å²) < 4.78 is 46.1. The van der Waals surface area contributed by atoms with Crippen LogP contribution in [0.2, 0.25) is 0 Å². The van der Waals surface area contributed by atoms with Crippen molar-refractivity contribution in [1.29, 1.82) is 0 Å². The fraction of sp³-hybridized carbons (Fsp3) is 0.462. The van der Waals surface area contributed by atoms with Gasteiger partial charge in [0.1, 0.15) is 17.1 Å². The largest absolute Gasteiger partial charge is 0.573 e. The normalized spacial score (nSPS) is 17.0. The second kappa shape index (κ2) is 5.75. The monoisotopic (exact) mass is 368 g/mol. The van der Waals surface area contributed by atoms with Crippen molar-refractivity contribution in [3.05, 3.63) is 22.7 Å². The number of rotatable bonds is 5. The number of alkyl halides is 3. The zero-order valence-electron chi connectivity index (χ0n) is 10.7. The zero-order valence-corrected chi connectivity index (χ0v) is 12.3. The number of ether oxygens (including phenoxy) is 2. The Hall–Kier alpha value is -1.44. The second-order valence-corrected chi connectivity index (χ2v) is 5.70. The van der Waals surface area contributed by atoms with E-state index in [0.29, 0.717) is 18.6 Å². The molecule has 1 fully saturated rings. The van der Waals surface area contributed by atoms with E-state index in [1.54, 1.807) is 0 Å². The van der Waals surface area contributed by atoms with Crippen molar-refractivity contribution < 1.29 is 32.5 Å². The van der Waals surface area contributed by atoms with Gasteiger partial charge in [-0.1, -0.05) is 0 Å². The first-order valence-electron chi connectivity index (χ1n) is 6.15. The molecule has 8 heteroatoms. The van der Waals surface area contributed by atoms with Crippen LogP contribution in [-0.4, -0.2) is 23.0 Å². The van der Waals surface area contributed by atoms with Gasteiger partial charge in [0.25, 0.3) is 0 Å². The summed E-state index contributed by atoms with van der Waals surface area (Å²) in [4.78, 5) is 10.8. The van der Waals surface area contributed by atoms with E-state index in [0.717, 1.165) is 12.5 Å². The molecular weight excluding hydrogens is 357 g/mol. The van der Waals surface area contributed by atoms with E-state index in [2.05, 4.69) is 20.7 Å². The van der Waals surface area contributed by atoms with Gasteiger partial charge in [0.2, 0.25) is 0 Å². The van der Waals surface area contributed by atoms with Crippen LogP contribution in [0.5, 0.6) is 11.5 Å². The topological polar surface area (TPSA) is 55.8 Å². The summed E-state index contributed by atoms with van der Waals surface area (Å²) in [5, 5.41) is 8.88. The van der Waals surface area contributed by atoms with Gasteiger partial charge in [-0.15, -0.1) is 13.2 Å². The molecule has 1 aliphatic carbocycles. The van der Waals surface area contributed by atoms with Crippen molar-refractivity contribution >= 4 is 21.9 Å². The molecule has 1 saturated carbocycles. The predicted molar refractivity (Wildman–Crippen MR) is 70.3 cm³/mol. The third kappa shape index (κ3) is 4.26. The Morgan fingerprint density at radius 3 is 2.48 bits per heavy atom. The Balaban J connectivity index is 2.11. The highest BCUT2D eigenvalue weighted by molar-refractivity contribution is 9.10. The van der Waals surface area contributed by atoms with Crippen LogP contribution in [0.1, 0.15) is 25.7 Å². The van der Waals surface area contributed by atoms with E-state index in [9.17, 15) is 18.0 Å². The van der Waals surface area contributed by atoms with Crippen LogP contribution in [0.15, 0.2) is 22.7 Å². The number of aliphatic carboxylic acids is 1. The molecule has 0 heterocycles.